The van der Waals surface area contributed by atoms with Gasteiger partial charge in [-0.15, -0.1) is 0 Å². The Bertz CT molecular complexity index is 1120. The predicted octanol–water partition coefficient (Wildman–Crippen LogP) is 2.70. The van der Waals surface area contributed by atoms with E-state index in [-0.39, 0.29) is 29.0 Å². The molecular formula is C24H27FN4O3. The van der Waals surface area contributed by atoms with Crippen molar-refractivity contribution in [3.8, 4) is 0 Å². The molecular weight excluding hydrogens is 411 g/mol. The average Bonchev–Trinajstić information content (AvgIpc) is 3.26. The van der Waals surface area contributed by atoms with E-state index in [4.69, 9.17) is 5.73 Å². The highest BCUT2D eigenvalue weighted by atomic mass is 19.1. The molecule has 5 N–H and O–H groups in total. The SMILES string of the molecule is CC(C)(C)Cc1ccc2c(c1)C1(CNC(C(=O)Nc3ccc(C(N)=O)cc3F)C1)C(=O)N2. The normalized spacial score (nSPS) is 22.0. The van der Waals surface area contributed by atoms with Gasteiger partial charge in [0, 0.05) is 17.8 Å². The van der Waals surface area contributed by atoms with Gasteiger partial charge in [-0.1, -0.05) is 32.9 Å². The van der Waals surface area contributed by atoms with Crippen molar-refractivity contribution >= 4 is 29.1 Å². The van der Waals surface area contributed by atoms with Crippen molar-refractivity contribution in [2.75, 3.05) is 17.2 Å². The number of benzene rings is 2. The number of amides is 3. The highest BCUT2D eigenvalue weighted by molar-refractivity contribution is 6.08. The highest BCUT2D eigenvalue weighted by Gasteiger charge is 2.53. The van der Waals surface area contributed by atoms with Crippen LogP contribution in [0.1, 0.15) is 48.7 Å². The van der Waals surface area contributed by atoms with Crippen LogP contribution in [0.25, 0.3) is 0 Å². The first-order valence-corrected chi connectivity index (χ1v) is 10.6. The third-order valence-corrected chi connectivity index (χ3v) is 6.05. The van der Waals surface area contributed by atoms with Crippen LogP contribution < -0.4 is 21.7 Å². The van der Waals surface area contributed by atoms with Gasteiger partial charge in [-0.05, 0) is 53.6 Å². The van der Waals surface area contributed by atoms with Gasteiger partial charge in [0.15, 0.2) is 0 Å². The van der Waals surface area contributed by atoms with Gasteiger partial charge in [0.05, 0.1) is 17.1 Å². The van der Waals surface area contributed by atoms with Crippen molar-refractivity contribution in [3.63, 3.8) is 0 Å². The van der Waals surface area contributed by atoms with E-state index in [1.165, 1.54) is 12.1 Å². The fourth-order valence-electron chi connectivity index (χ4n) is 4.53. The molecule has 4 rings (SSSR count). The molecule has 0 radical (unpaired) electrons. The maximum absolute atomic E-state index is 14.3. The molecule has 1 saturated heterocycles. The van der Waals surface area contributed by atoms with Gasteiger partial charge in [0.2, 0.25) is 17.7 Å². The third kappa shape index (κ3) is 3.98. The zero-order chi connectivity index (χ0) is 23.3. The molecule has 3 amide bonds. The smallest absolute Gasteiger partial charge is 0.248 e. The number of halogens is 1. The number of primary amides is 1. The molecule has 2 unspecified atom stereocenters. The lowest BCUT2D eigenvalue weighted by Crippen LogP contribution is -2.36. The standard InChI is InChI=1S/C24H27FN4O3/c1-23(2,3)10-13-4-6-17-15(8-13)24(22(32)29-17)11-19(27-12-24)21(31)28-18-7-5-14(20(26)30)9-16(18)25/h4-9,19,27H,10-12H2,1-3H3,(H2,26,30)(H,28,31)(H,29,32). The molecule has 1 spiro atoms. The summed E-state index contributed by atoms with van der Waals surface area (Å²) in [6, 6.07) is 8.96. The average molecular weight is 439 g/mol. The molecule has 8 heteroatoms. The number of nitrogens with two attached hydrogens (primary N) is 1. The summed E-state index contributed by atoms with van der Waals surface area (Å²) in [7, 11) is 0. The zero-order valence-electron chi connectivity index (χ0n) is 18.3. The van der Waals surface area contributed by atoms with Gasteiger partial charge >= 0.3 is 0 Å². The first kappa shape index (κ1) is 22.0. The second-order valence-electron chi connectivity index (χ2n) is 9.84. The summed E-state index contributed by atoms with van der Waals surface area (Å²) < 4.78 is 14.3. The van der Waals surface area contributed by atoms with Crippen LogP contribution in [0.3, 0.4) is 0 Å². The summed E-state index contributed by atoms with van der Waals surface area (Å²) in [6.07, 6.45) is 1.13. The number of carbonyl (C=O) groups excluding carboxylic acids is 3. The number of hydrogen-bond donors (Lipinski definition) is 4. The number of fused-ring (bicyclic) bond motifs is 2. The number of carbonyl (C=O) groups is 3. The van der Waals surface area contributed by atoms with Crippen LogP contribution in [-0.2, 0) is 21.4 Å². The highest BCUT2D eigenvalue weighted by Crippen LogP contribution is 2.44. The Labute approximate surface area is 185 Å². The Morgan fingerprint density at radius 2 is 1.97 bits per heavy atom. The van der Waals surface area contributed by atoms with E-state index in [0.29, 0.717) is 6.54 Å². The molecule has 168 valence electrons. The summed E-state index contributed by atoms with van der Waals surface area (Å²) in [5, 5.41) is 8.61. The van der Waals surface area contributed by atoms with Gasteiger partial charge in [-0.2, -0.15) is 0 Å². The van der Waals surface area contributed by atoms with Crippen molar-refractivity contribution in [1.82, 2.24) is 5.32 Å². The number of anilines is 2. The zero-order valence-corrected chi connectivity index (χ0v) is 18.3. The van der Waals surface area contributed by atoms with Gasteiger partial charge in [-0.25, -0.2) is 4.39 Å². The molecule has 0 bridgehead atoms. The molecule has 2 aromatic rings. The van der Waals surface area contributed by atoms with Crippen molar-refractivity contribution in [2.45, 2.75) is 45.1 Å². The van der Waals surface area contributed by atoms with Gasteiger partial charge < -0.3 is 21.7 Å². The maximum atomic E-state index is 14.3. The van der Waals surface area contributed by atoms with E-state index in [9.17, 15) is 18.8 Å². The monoisotopic (exact) mass is 438 g/mol. The Hall–Kier alpha value is -3.26. The second-order valence-corrected chi connectivity index (χ2v) is 9.84. The Kier molecular flexibility index (Phi) is 5.29. The Morgan fingerprint density at radius 3 is 2.62 bits per heavy atom. The summed E-state index contributed by atoms with van der Waals surface area (Å²) >= 11 is 0. The summed E-state index contributed by atoms with van der Waals surface area (Å²) in [4.78, 5) is 37.0. The van der Waals surface area contributed by atoms with Crippen molar-refractivity contribution in [3.05, 3.63) is 58.9 Å². The second kappa shape index (κ2) is 7.70. The molecule has 2 atom stereocenters. The lowest BCUT2D eigenvalue weighted by molar-refractivity contribution is -0.120. The molecule has 0 saturated carbocycles. The number of rotatable bonds is 4. The third-order valence-electron chi connectivity index (χ3n) is 6.05. The maximum Gasteiger partial charge on any atom is 0.248 e. The first-order chi connectivity index (χ1) is 15.0. The van der Waals surface area contributed by atoms with E-state index in [1.807, 2.05) is 12.1 Å². The predicted molar refractivity (Wildman–Crippen MR) is 120 cm³/mol. The number of nitrogens with one attached hydrogen (secondary N) is 3. The van der Waals surface area contributed by atoms with Gasteiger partial charge in [0.1, 0.15) is 5.82 Å². The summed E-state index contributed by atoms with van der Waals surface area (Å²) in [5.74, 6) is -2.09. The lowest BCUT2D eigenvalue weighted by Gasteiger charge is -2.23. The Morgan fingerprint density at radius 1 is 1.22 bits per heavy atom. The van der Waals surface area contributed by atoms with Crippen LogP contribution in [0.5, 0.6) is 0 Å². The minimum atomic E-state index is -0.848. The summed E-state index contributed by atoms with van der Waals surface area (Å²) in [6.45, 7) is 6.79. The molecule has 2 aliphatic heterocycles. The van der Waals surface area contributed by atoms with E-state index in [0.717, 1.165) is 29.3 Å². The number of hydrogen-bond acceptors (Lipinski definition) is 4. The van der Waals surface area contributed by atoms with E-state index in [1.54, 1.807) is 0 Å². The molecule has 32 heavy (non-hydrogen) atoms. The largest absolute Gasteiger partial charge is 0.366 e. The van der Waals surface area contributed by atoms with Crippen LogP contribution in [0, 0.1) is 11.2 Å². The lowest BCUT2D eigenvalue weighted by atomic mass is 9.78. The molecule has 2 aliphatic rings. The van der Waals surface area contributed by atoms with Crippen LogP contribution in [0.2, 0.25) is 0 Å². The van der Waals surface area contributed by atoms with Gasteiger partial charge in [-0.3, -0.25) is 14.4 Å². The molecule has 0 aromatic heterocycles. The van der Waals surface area contributed by atoms with Crippen LogP contribution >= 0.6 is 0 Å². The van der Waals surface area contributed by atoms with Crippen molar-refractivity contribution in [1.29, 1.82) is 0 Å². The van der Waals surface area contributed by atoms with Crippen LogP contribution in [0.15, 0.2) is 36.4 Å². The first-order valence-electron chi connectivity index (χ1n) is 10.6. The minimum Gasteiger partial charge on any atom is -0.366 e. The van der Waals surface area contributed by atoms with Crippen LogP contribution in [0.4, 0.5) is 15.8 Å². The minimum absolute atomic E-state index is 0.0173. The van der Waals surface area contributed by atoms with E-state index in [2.05, 4.69) is 42.8 Å². The molecule has 2 heterocycles. The van der Waals surface area contributed by atoms with Gasteiger partial charge in [0.25, 0.3) is 0 Å². The van der Waals surface area contributed by atoms with E-state index >= 15 is 0 Å². The topological polar surface area (TPSA) is 113 Å². The van der Waals surface area contributed by atoms with E-state index < -0.39 is 29.1 Å². The molecule has 1 fully saturated rings. The fourth-order valence-corrected chi connectivity index (χ4v) is 4.53. The van der Waals surface area contributed by atoms with Crippen LogP contribution in [-0.4, -0.2) is 30.3 Å². The van der Waals surface area contributed by atoms with Crippen molar-refractivity contribution in [2.24, 2.45) is 11.1 Å². The quantitative estimate of drug-likeness (QED) is 0.588. The fraction of sp³-hybridized carbons (Fsp3) is 0.375. The molecule has 7 nitrogen and oxygen atoms in total. The van der Waals surface area contributed by atoms with Crippen molar-refractivity contribution < 1.29 is 18.8 Å². The molecule has 2 aromatic carbocycles. The Balaban J connectivity index is 1.54. The summed E-state index contributed by atoms with van der Waals surface area (Å²) in [5.41, 5.74) is 7.17. The molecule has 0 aliphatic carbocycles.